The normalized spacial score (nSPS) is 11.0. The second kappa shape index (κ2) is 9.64. The lowest BCUT2D eigenvalue weighted by atomic mass is 10.1. The minimum atomic E-state index is -3.71. The largest absolute Gasteiger partial charge is 0.496 e. The topological polar surface area (TPSA) is 105 Å². The van der Waals surface area contributed by atoms with Crippen LogP contribution in [0.2, 0.25) is 0 Å². The summed E-state index contributed by atoms with van der Waals surface area (Å²) in [5.41, 5.74) is 3.04. The molecule has 3 aromatic rings. The zero-order valence-electron chi connectivity index (χ0n) is 17.7. The molecule has 166 valence electrons. The Bertz CT molecular complexity index is 1250. The summed E-state index contributed by atoms with van der Waals surface area (Å²) in [5, 5.41) is 5.88. The van der Waals surface area contributed by atoms with E-state index in [9.17, 15) is 12.8 Å². The highest BCUT2D eigenvalue weighted by Crippen LogP contribution is 2.28. The van der Waals surface area contributed by atoms with Crippen LogP contribution in [0.3, 0.4) is 0 Å². The summed E-state index contributed by atoms with van der Waals surface area (Å²) in [7, 11) is -2.10. The molecule has 1 heterocycles. The number of aromatic nitrogens is 2. The molecule has 8 nitrogen and oxygen atoms in total. The van der Waals surface area contributed by atoms with E-state index in [0.29, 0.717) is 5.69 Å². The molecule has 0 fully saturated rings. The van der Waals surface area contributed by atoms with Crippen molar-refractivity contribution in [1.82, 2.24) is 14.7 Å². The summed E-state index contributed by atoms with van der Waals surface area (Å²) in [6.07, 6.45) is 6.13. The van der Waals surface area contributed by atoms with Crippen LogP contribution in [0.4, 0.5) is 27.5 Å². The van der Waals surface area contributed by atoms with E-state index < -0.39 is 15.8 Å². The van der Waals surface area contributed by atoms with Gasteiger partial charge < -0.3 is 15.4 Å². The Morgan fingerprint density at radius 3 is 2.34 bits per heavy atom. The van der Waals surface area contributed by atoms with E-state index >= 15 is 0 Å². The van der Waals surface area contributed by atoms with Crippen molar-refractivity contribution in [2.45, 2.75) is 18.7 Å². The molecule has 0 amide bonds. The SMILES string of the molecule is C#CCNS(=O)(=O)c1ccc(Nc2nc(Nc3cc(C)c(OC)c(C)c3)ncc2F)cc1. The number of aryl methyl sites for hydroxylation is 2. The van der Waals surface area contributed by atoms with Gasteiger partial charge in [0.25, 0.3) is 0 Å². The fourth-order valence-corrected chi connectivity index (χ4v) is 4.00. The molecular formula is C22H22FN5O3S. The number of sulfonamides is 1. The molecule has 0 spiro atoms. The van der Waals surface area contributed by atoms with Crippen molar-refractivity contribution in [3.63, 3.8) is 0 Å². The van der Waals surface area contributed by atoms with Gasteiger partial charge in [-0.15, -0.1) is 6.42 Å². The van der Waals surface area contributed by atoms with E-state index in [0.717, 1.165) is 28.8 Å². The number of hydrogen-bond donors (Lipinski definition) is 3. The van der Waals surface area contributed by atoms with Crippen LogP contribution < -0.4 is 20.1 Å². The van der Waals surface area contributed by atoms with Gasteiger partial charge in [0.05, 0.1) is 24.7 Å². The third-order valence-electron chi connectivity index (χ3n) is 4.46. The first kappa shape index (κ1) is 23.0. The Morgan fingerprint density at radius 1 is 1.09 bits per heavy atom. The van der Waals surface area contributed by atoms with E-state index in [4.69, 9.17) is 11.2 Å². The summed E-state index contributed by atoms with van der Waals surface area (Å²) in [5.74, 6) is 2.46. The van der Waals surface area contributed by atoms with Gasteiger partial charge in [-0.2, -0.15) is 9.71 Å². The molecule has 0 unspecified atom stereocenters. The number of rotatable bonds is 8. The Balaban J connectivity index is 1.79. The summed E-state index contributed by atoms with van der Waals surface area (Å²) in [4.78, 5) is 8.20. The summed E-state index contributed by atoms with van der Waals surface area (Å²) in [6, 6.07) is 9.49. The third kappa shape index (κ3) is 5.32. The molecular weight excluding hydrogens is 433 g/mol. The van der Waals surface area contributed by atoms with Gasteiger partial charge in [-0.1, -0.05) is 5.92 Å². The quantitative estimate of drug-likeness (QED) is 0.446. The van der Waals surface area contributed by atoms with Crippen LogP contribution in [0, 0.1) is 32.0 Å². The molecule has 32 heavy (non-hydrogen) atoms. The number of methoxy groups -OCH3 is 1. The van der Waals surface area contributed by atoms with Gasteiger partial charge in [-0.05, 0) is 61.4 Å². The Kier molecular flexibility index (Phi) is 6.92. The maximum absolute atomic E-state index is 14.3. The lowest BCUT2D eigenvalue weighted by molar-refractivity contribution is 0.408. The predicted molar refractivity (Wildman–Crippen MR) is 121 cm³/mol. The standard InChI is InChI=1S/C22H22FN5O3S/c1-5-10-25-32(29,30)18-8-6-16(7-9-18)26-21-19(23)13-24-22(28-21)27-17-11-14(2)20(31-4)15(3)12-17/h1,6-9,11-13,25H,10H2,2-4H3,(H2,24,26,27,28). The minimum absolute atomic E-state index is 0.0362. The molecule has 0 atom stereocenters. The zero-order chi connectivity index (χ0) is 23.3. The van der Waals surface area contributed by atoms with E-state index in [2.05, 4.69) is 31.2 Å². The van der Waals surface area contributed by atoms with Crippen molar-refractivity contribution in [2.75, 3.05) is 24.3 Å². The van der Waals surface area contributed by atoms with E-state index in [-0.39, 0.29) is 23.2 Å². The van der Waals surface area contributed by atoms with E-state index in [1.165, 1.54) is 24.3 Å². The highest BCUT2D eigenvalue weighted by Gasteiger charge is 2.14. The Labute approximate surface area is 186 Å². The molecule has 0 aliphatic rings. The molecule has 0 radical (unpaired) electrons. The number of benzene rings is 2. The summed E-state index contributed by atoms with van der Waals surface area (Å²) >= 11 is 0. The monoisotopic (exact) mass is 455 g/mol. The maximum atomic E-state index is 14.3. The van der Waals surface area contributed by atoms with Crippen molar-refractivity contribution in [3.8, 4) is 18.1 Å². The van der Waals surface area contributed by atoms with Crippen molar-refractivity contribution in [1.29, 1.82) is 0 Å². The lowest BCUT2D eigenvalue weighted by Crippen LogP contribution is -2.23. The molecule has 0 saturated heterocycles. The molecule has 0 aliphatic carbocycles. The first-order chi connectivity index (χ1) is 15.2. The van der Waals surface area contributed by atoms with Crippen LogP contribution in [0.5, 0.6) is 5.75 Å². The third-order valence-corrected chi connectivity index (χ3v) is 5.87. The second-order valence-electron chi connectivity index (χ2n) is 6.84. The first-order valence-electron chi connectivity index (χ1n) is 9.48. The van der Waals surface area contributed by atoms with Crippen LogP contribution in [0.15, 0.2) is 47.5 Å². The summed E-state index contributed by atoms with van der Waals surface area (Å²) in [6.45, 7) is 3.72. The first-order valence-corrected chi connectivity index (χ1v) is 11.0. The van der Waals surface area contributed by atoms with Crippen molar-refractivity contribution < 1.29 is 17.5 Å². The van der Waals surface area contributed by atoms with Crippen LogP contribution in [0.1, 0.15) is 11.1 Å². The highest BCUT2D eigenvalue weighted by molar-refractivity contribution is 7.89. The van der Waals surface area contributed by atoms with Crippen molar-refractivity contribution in [2.24, 2.45) is 0 Å². The minimum Gasteiger partial charge on any atom is -0.496 e. The van der Waals surface area contributed by atoms with Crippen LogP contribution in [0.25, 0.3) is 0 Å². The molecule has 0 bridgehead atoms. The van der Waals surface area contributed by atoms with Gasteiger partial charge >= 0.3 is 0 Å². The van der Waals surface area contributed by atoms with Gasteiger partial charge in [0.2, 0.25) is 16.0 Å². The van der Waals surface area contributed by atoms with Gasteiger partial charge in [0, 0.05) is 11.4 Å². The average Bonchev–Trinajstić information content (AvgIpc) is 2.75. The van der Waals surface area contributed by atoms with E-state index in [1.807, 2.05) is 26.0 Å². The number of hydrogen-bond acceptors (Lipinski definition) is 7. The predicted octanol–water partition coefficient (Wildman–Crippen LogP) is 3.64. The summed E-state index contributed by atoms with van der Waals surface area (Å²) < 4.78 is 46.1. The molecule has 10 heteroatoms. The number of halogens is 1. The van der Waals surface area contributed by atoms with Crippen molar-refractivity contribution in [3.05, 3.63) is 59.5 Å². The maximum Gasteiger partial charge on any atom is 0.241 e. The zero-order valence-corrected chi connectivity index (χ0v) is 18.5. The fourth-order valence-electron chi connectivity index (χ4n) is 3.06. The molecule has 3 rings (SSSR count). The number of nitrogens with zero attached hydrogens (tertiary/aromatic N) is 2. The molecule has 0 saturated carbocycles. The van der Waals surface area contributed by atoms with Gasteiger partial charge in [0.1, 0.15) is 5.75 Å². The lowest BCUT2D eigenvalue weighted by Gasteiger charge is -2.13. The van der Waals surface area contributed by atoms with E-state index in [1.54, 1.807) is 7.11 Å². The van der Waals surface area contributed by atoms with Crippen LogP contribution in [-0.2, 0) is 10.0 Å². The highest BCUT2D eigenvalue weighted by atomic mass is 32.2. The molecule has 0 aliphatic heterocycles. The molecule has 1 aromatic heterocycles. The second-order valence-corrected chi connectivity index (χ2v) is 8.60. The fraction of sp³-hybridized carbons (Fsp3) is 0.182. The van der Waals surface area contributed by atoms with Crippen molar-refractivity contribution >= 4 is 33.2 Å². The number of terminal acetylenes is 1. The molecule has 3 N–H and O–H groups in total. The Morgan fingerprint density at radius 2 is 1.75 bits per heavy atom. The smallest absolute Gasteiger partial charge is 0.241 e. The van der Waals surface area contributed by atoms with Gasteiger partial charge in [0.15, 0.2) is 11.6 Å². The van der Waals surface area contributed by atoms with Crippen LogP contribution >= 0.6 is 0 Å². The number of nitrogens with one attached hydrogen (secondary N) is 3. The average molecular weight is 456 g/mol. The Hall–Kier alpha value is -3.68. The number of anilines is 4. The number of ether oxygens (including phenoxy) is 1. The molecule has 2 aromatic carbocycles. The van der Waals surface area contributed by atoms with Crippen LogP contribution in [-0.4, -0.2) is 32.0 Å². The van der Waals surface area contributed by atoms with Gasteiger partial charge in [-0.3, -0.25) is 0 Å². The van der Waals surface area contributed by atoms with Gasteiger partial charge in [-0.25, -0.2) is 17.8 Å².